The summed E-state index contributed by atoms with van der Waals surface area (Å²) in [5, 5.41) is 9.84. The van der Waals surface area contributed by atoms with Crippen LogP contribution in [0, 0.1) is 17.6 Å². The zero-order valence-electron chi connectivity index (χ0n) is 20.7. The van der Waals surface area contributed by atoms with E-state index in [2.05, 4.69) is 4.98 Å². The summed E-state index contributed by atoms with van der Waals surface area (Å²) in [7, 11) is 1.93. The number of ether oxygens (including phenoxy) is 1. The Labute approximate surface area is 210 Å². The molecular weight excluding hydrogens is 464 g/mol. The lowest BCUT2D eigenvalue weighted by Crippen LogP contribution is -2.49. The van der Waals surface area contributed by atoms with Gasteiger partial charge in [0.25, 0.3) is 5.91 Å². The van der Waals surface area contributed by atoms with Crippen molar-refractivity contribution in [1.29, 1.82) is 0 Å². The number of rotatable bonds is 7. The first-order valence-corrected chi connectivity index (χ1v) is 12.0. The molecule has 1 N–H and O–H groups in total. The van der Waals surface area contributed by atoms with Crippen LogP contribution in [0.15, 0.2) is 60.8 Å². The Kier molecular flexibility index (Phi) is 7.96. The van der Waals surface area contributed by atoms with Crippen LogP contribution in [0.25, 0.3) is 11.1 Å². The first-order valence-electron chi connectivity index (χ1n) is 12.0. The van der Waals surface area contributed by atoms with Crippen molar-refractivity contribution in [2.45, 2.75) is 32.5 Å². The van der Waals surface area contributed by atoms with Gasteiger partial charge >= 0.3 is 0 Å². The molecule has 1 aliphatic heterocycles. The Morgan fingerprint density at radius 3 is 2.67 bits per heavy atom. The van der Waals surface area contributed by atoms with E-state index in [0.717, 1.165) is 5.56 Å². The molecule has 3 aromatic rings. The number of fused-ring (bicyclic) bond motifs is 1. The number of halogens is 2. The predicted molar refractivity (Wildman–Crippen MR) is 134 cm³/mol. The minimum atomic E-state index is -0.423. The molecule has 2 heterocycles. The highest BCUT2D eigenvalue weighted by Gasteiger charge is 2.34. The third-order valence-electron chi connectivity index (χ3n) is 6.54. The minimum Gasteiger partial charge on any atom is -0.472 e. The van der Waals surface area contributed by atoms with E-state index in [1.807, 2.05) is 24.9 Å². The van der Waals surface area contributed by atoms with Crippen molar-refractivity contribution >= 4 is 5.91 Å². The lowest BCUT2D eigenvalue weighted by molar-refractivity contribution is 0.0325. The summed E-state index contributed by atoms with van der Waals surface area (Å²) in [6, 6.07) is 14.0. The molecule has 36 heavy (non-hydrogen) atoms. The van der Waals surface area contributed by atoms with Gasteiger partial charge in [-0.25, -0.2) is 13.8 Å². The Bertz CT molecular complexity index is 1220. The number of aliphatic hydroxyl groups excluding tert-OH is 1. The van der Waals surface area contributed by atoms with Crippen molar-refractivity contribution in [2.24, 2.45) is 5.92 Å². The number of aromatic nitrogens is 1. The highest BCUT2D eigenvalue weighted by Crippen LogP contribution is 2.31. The maximum absolute atomic E-state index is 14.5. The Balaban J connectivity index is 1.66. The molecule has 1 aliphatic rings. The highest BCUT2D eigenvalue weighted by atomic mass is 19.1. The van der Waals surface area contributed by atoms with E-state index >= 15 is 0 Å². The van der Waals surface area contributed by atoms with E-state index in [9.17, 15) is 18.7 Å². The van der Waals surface area contributed by atoms with Crippen molar-refractivity contribution in [3.8, 4) is 17.0 Å². The predicted octanol–water partition coefficient (Wildman–Crippen LogP) is 4.38. The molecule has 0 aliphatic carbocycles. The van der Waals surface area contributed by atoms with E-state index < -0.39 is 11.9 Å². The van der Waals surface area contributed by atoms with Crippen LogP contribution in [0.3, 0.4) is 0 Å². The third kappa shape index (κ3) is 5.71. The lowest BCUT2D eigenvalue weighted by atomic mass is 9.99. The van der Waals surface area contributed by atoms with Crippen LogP contribution in [-0.2, 0) is 6.54 Å². The Morgan fingerprint density at radius 2 is 1.94 bits per heavy atom. The number of nitrogens with zero attached hydrogens (tertiary/aromatic N) is 3. The molecule has 0 unspecified atom stereocenters. The molecule has 3 atom stereocenters. The molecule has 0 bridgehead atoms. The maximum atomic E-state index is 14.5. The molecule has 0 saturated carbocycles. The Hall–Kier alpha value is -3.36. The monoisotopic (exact) mass is 495 g/mol. The first kappa shape index (κ1) is 25.7. The van der Waals surface area contributed by atoms with Crippen molar-refractivity contribution in [3.63, 3.8) is 0 Å². The normalized spacial score (nSPS) is 18.9. The summed E-state index contributed by atoms with van der Waals surface area (Å²) in [6.45, 7) is 4.97. The zero-order valence-corrected chi connectivity index (χ0v) is 20.7. The van der Waals surface area contributed by atoms with Gasteiger partial charge < -0.3 is 14.7 Å². The molecule has 2 aromatic carbocycles. The summed E-state index contributed by atoms with van der Waals surface area (Å²) in [6.07, 6.45) is 1.17. The quantitative estimate of drug-likeness (QED) is 0.527. The van der Waals surface area contributed by atoms with Gasteiger partial charge in [0.1, 0.15) is 23.3 Å². The average molecular weight is 496 g/mol. The minimum absolute atomic E-state index is 0.0842. The van der Waals surface area contributed by atoms with Crippen LogP contribution >= 0.6 is 0 Å². The second kappa shape index (κ2) is 11.1. The lowest BCUT2D eigenvalue weighted by Gasteiger charge is -2.37. The van der Waals surface area contributed by atoms with Crippen LogP contribution < -0.4 is 4.74 Å². The van der Waals surface area contributed by atoms with E-state index in [4.69, 9.17) is 4.74 Å². The van der Waals surface area contributed by atoms with Gasteiger partial charge in [0.15, 0.2) is 0 Å². The molecular formula is C28H31F2N3O3. The number of pyridine rings is 1. The van der Waals surface area contributed by atoms with Crippen molar-refractivity contribution in [2.75, 3.05) is 26.7 Å². The van der Waals surface area contributed by atoms with Gasteiger partial charge in [0.05, 0.1) is 12.6 Å². The maximum Gasteiger partial charge on any atom is 0.259 e. The van der Waals surface area contributed by atoms with Crippen molar-refractivity contribution in [1.82, 2.24) is 14.8 Å². The van der Waals surface area contributed by atoms with E-state index in [1.165, 1.54) is 24.4 Å². The largest absolute Gasteiger partial charge is 0.472 e. The molecule has 8 heteroatoms. The van der Waals surface area contributed by atoms with Crippen LogP contribution in [0.2, 0.25) is 0 Å². The first-order chi connectivity index (χ1) is 17.3. The van der Waals surface area contributed by atoms with Crippen LogP contribution in [-0.4, -0.2) is 64.7 Å². The molecule has 4 rings (SSSR count). The number of aliphatic hydroxyl groups is 1. The number of benzene rings is 2. The smallest absolute Gasteiger partial charge is 0.259 e. The summed E-state index contributed by atoms with van der Waals surface area (Å²) in [5.74, 6) is -0.933. The Morgan fingerprint density at radius 1 is 1.17 bits per heavy atom. The van der Waals surface area contributed by atoms with Gasteiger partial charge in [-0.3, -0.25) is 9.69 Å². The second-order valence-electron chi connectivity index (χ2n) is 9.51. The van der Waals surface area contributed by atoms with Gasteiger partial charge in [0.2, 0.25) is 5.88 Å². The van der Waals surface area contributed by atoms with E-state index in [-0.39, 0.29) is 41.8 Å². The molecule has 0 radical (unpaired) electrons. The number of likely N-dealkylation sites (N-methyl/N-ethyl adjacent to an activating group) is 1. The topological polar surface area (TPSA) is 65.9 Å². The SMILES string of the molecule is C[C@@H]1CN([C@H](C)CO)C(=O)c2cc(-c3ccccc3F)cnc2O[C@@H]1CN(C)Cc1cccc(F)c1. The number of hydrogen-bond donors (Lipinski definition) is 1. The summed E-state index contributed by atoms with van der Waals surface area (Å²) >= 11 is 0. The summed E-state index contributed by atoms with van der Waals surface area (Å²) < 4.78 is 34.4. The fourth-order valence-electron chi connectivity index (χ4n) is 4.48. The van der Waals surface area contributed by atoms with Crippen molar-refractivity contribution < 1.29 is 23.4 Å². The molecule has 0 fully saturated rings. The van der Waals surface area contributed by atoms with E-state index in [0.29, 0.717) is 30.8 Å². The van der Waals surface area contributed by atoms with Gasteiger partial charge in [-0.15, -0.1) is 0 Å². The summed E-state index contributed by atoms with van der Waals surface area (Å²) in [4.78, 5) is 21.6. The third-order valence-corrected chi connectivity index (χ3v) is 6.54. The molecule has 0 saturated heterocycles. The number of hydrogen-bond acceptors (Lipinski definition) is 5. The molecule has 6 nitrogen and oxygen atoms in total. The number of carbonyl (C=O) groups excluding carboxylic acids is 1. The van der Waals surface area contributed by atoms with Crippen LogP contribution in [0.4, 0.5) is 8.78 Å². The van der Waals surface area contributed by atoms with Gasteiger partial charge in [-0.1, -0.05) is 37.3 Å². The second-order valence-corrected chi connectivity index (χ2v) is 9.51. The van der Waals surface area contributed by atoms with Gasteiger partial charge in [-0.2, -0.15) is 0 Å². The number of carbonyl (C=O) groups is 1. The average Bonchev–Trinajstić information content (AvgIpc) is 2.86. The van der Waals surface area contributed by atoms with E-state index in [1.54, 1.807) is 42.2 Å². The van der Waals surface area contributed by atoms with Crippen LogP contribution in [0.5, 0.6) is 5.88 Å². The van der Waals surface area contributed by atoms with Gasteiger partial charge in [-0.05, 0) is 43.8 Å². The van der Waals surface area contributed by atoms with Gasteiger partial charge in [0, 0.05) is 42.9 Å². The molecule has 0 spiro atoms. The fourth-order valence-corrected chi connectivity index (χ4v) is 4.48. The molecule has 1 aromatic heterocycles. The summed E-state index contributed by atoms with van der Waals surface area (Å²) in [5.41, 5.74) is 1.87. The fraction of sp³-hybridized carbons (Fsp3) is 0.357. The van der Waals surface area contributed by atoms with Crippen LogP contribution in [0.1, 0.15) is 29.8 Å². The zero-order chi connectivity index (χ0) is 25.8. The highest BCUT2D eigenvalue weighted by molar-refractivity contribution is 5.98. The number of amides is 1. The molecule has 190 valence electrons. The standard InChI is InChI=1S/C28H31F2N3O3/c1-18-14-33(19(2)17-34)28(35)24-12-21(23-9-4-5-10-25(23)30)13-31-27(24)36-26(18)16-32(3)15-20-7-6-8-22(29)11-20/h4-13,18-19,26,34H,14-17H2,1-3H3/t18-,19-,26-/m1/s1. The molecule has 1 amide bonds. The van der Waals surface area contributed by atoms with Crippen molar-refractivity contribution in [3.05, 3.63) is 83.6 Å².